The molecule has 4 nitrogen and oxygen atoms in total. The summed E-state index contributed by atoms with van der Waals surface area (Å²) < 4.78 is 0. The lowest BCUT2D eigenvalue weighted by molar-refractivity contribution is 0.419. The van der Waals surface area contributed by atoms with Gasteiger partial charge in [-0.15, -0.1) is 11.3 Å². The Labute approximate surface area is 136 Å². The monoisotopic (exact) mass is 326 g/mol. The van der Waals surface area contributed by atoms with Crippen LogP contribution in [0.4, 0.5) is 0 Å². The average Bonchev–Trinajstić information content (AvgIpc) is 2.82. The summed E-state index contributed by atoms with van der Waals surface area (Å²) in [5, 5.41) is 8.86. The number of nitrogens with zero attached hydrogens (tertiary/aromatic N) is 2. The van der Waals surface area contributed by atoms with E-state index in [2.05, 4.69) is 40.7 Å². The minimum atomic E-state index is 0.544. The molecule has 0 amide bonds. The minimum Gasteiger partial charge on any atom is -0.354 e. The molecule has 0 aliphatic heterocycles. The van der Waals surface area contributed by atoms with Crippen LogP contribution in [-0.4, -0.2) is 35.5 Å². The first-order valence-corrected chi connectivity index (χ1v) is 9.65. The quantitative estimate of drug-likeness (QED) is 0.659. The van der Waals surface area contributed by atoms with Gasteiger partial charge in [0.2, 0.25) is 0 Å². The fraction of sp³-hybridized carbons (Fsp3) is 0.733. The maximum atomic E-state index is 4.56. The fourth-order valence-corrected chi connectivity index (χ4v) is 4.35. The van der Waals surface area contributed by atoms with Gasteiger partial charge in [0.25, 0.3) is 0 Å². The van der Waals surface area contributed by atoms with Gasteiger partial charge < -0.3 is 10.6 Å². The van der Waals surface area contributed by atoms with E-state index in [4.69, 9.17) is 0 Å². The van der Waals surface area contributed by atoms with Crippen molar-refractivity contribution in [2.45, 2.75) is 57.4 Å². The van der Waals surface area contributed by atoms with Crippen molar-refractivity contribution < 1.29 is 0 Å². The van der Waals surface area contributed by atoms with Gasteiger partial charge in [0.15, 0.2) is 5.96 Å². The number of aryl methyl sites for hydroxylation is 2. The summed E-state index contributed by atoms with van der Waals surface area (Å²) in [6.45, 7) is 4.93. The van der Waals surface area contributed by atoms with Gasteiger partial charge in [0.1, 0.15) is 5.01 Å². The number of aromatic nitrogens is 1. The van der Waals surface area contributed by atoms with Gasteiger partial charge in [-0.25, -0.2) is 4.98 Å². The van der Waals surface area contributed by atoms with Crippen LogP contribution >= 0.6 is 23.1 Å². The summed E-state index contributed by atoms with van der Waals surface area (Å²) in [7, 11) is 1.84. The van der Waals surface area contributed by atoms with Crippen molar-refractivity contribution in [3.8, 4) is 0 Å². The molecule has 2 unspecified atom stereocenters. The Balaban J connectivity index is 1.83. The van der Waals surface area contributed by atoms with Crippen LogP contribution in [-0.2, 0) is 6.54 Å². The van der Waals surface area contributed by atoms with Gasteiger partial charge in [0.05, 0.1) is 12.2 Å². The second kappa shape index (κ2) is 8.03. The highest BCUT2D eigenvalue weighted by molar-refractivity contribution is 7.99. The summed E-state index contributed by atoms with van der Waals surface area (Å²) in [5.74, 6) is 0.896. The first-order chi connectivity index (χ1) is 10.1. The van der Waals surface area contributed by atoms with Crippen molar-refractivity contribution in [2.24, 2.45) is 4.99 Å². The zero-order valence-corrected chi connectivity index (χ0v) is 15.0. The third kappa shape index (κ3) is 4.88. The van der Waals surface area contributed by atoms with Crippen molar-refractivity contribution in [1.82, 2.24) is 15.6 Å². The van der Waals surface area contributed by atoms with E-state index >= 15 is 0 Å². The Morgan fingerprint density at radius 3 is 2.86 bits per heavy atom. The predicted octanol–water partition coefficient (Wildman–Crippen LogP) is 3.10. The Bertz CT molecular complexity index is 465. The van der Waals surface area contributed by atoms with E-state index in [9.17, 15) is 0 Å². The number of rotatable bonds is 4. The molecule has 0 spiro atoms. The van der Waals surface area contributed by atoms with E-state index < -0.39 is 0 Å². The first-order valence-electron chi connectivity index (χ1n) is 7.55. The summed E-state index contributed by atoms with van der Waals surface area (Å²) in [5.41, 5.74) is 1.13. The van der Waals surface area contributed by atoms with Crippen LogP contribution in [0.5, 0.6) is 0 Å². The second-order valence-corrected chi connectivity index (χ2v) is 7.97. The standard InChI is InChI=1S/C15H26N4S2/c1-10-11(2)21-14(18-10)9-17-15(16-3)19-12-6-5-7-13(8-12)20-4/h12-13H,5-9H2,1-4H3,(H2,16,17,19). The maximum absolute atomic E-state index is 4.56. The molecule has 118 valence electrons. The van der Waals surface area contributed by atoms with Crippen molar-refractivity contribution in [2.75, 3.05) is 13.3 Å². The van der Waals surface area contributed by atoms with Crippen molar-refractivity contribution in [3.63, 3.8) is 0 Å². The van der Waals surface area contributed by atoms with E-state index in [1.165, 1.54) is 30.6 Å². The number of nitrogens with one attached hydrogen (secondary N) is 2. The van der Waals surface area contributed by atoms with Gasteiger partial charge in [-0.05, 0) is 39.4 Å². The molecule has 2 N–H and O–H groups in total. The zero-order valence-electron chi connectivity index (χ0n) is 13.4. The minimum absolute atomic E-state index is 0.544. The molecule has 2 atom stereocenters. The summed E-state index contributed by atoms with van der Waals surface area (Å²) in [4.78, 5) is 10.2. The normalized spacial score (nSPS) is 23.1. The molecule has 1 aliphatic rings. The number of guanidine groups is 1. The molecule has 6 heteroatoms. The highest BCUT2D eigenvalue weighted by Crippen LogP contribution is 2.26. The molecule has 21 heavy (non-hydrogen) atoms. The fourth-order valence-electron chi connectivity index (χ4n) is 2.65. The molecule has 1 fully saturated rings. The largest absolute Gasteiger partial charge is 0.354 e. The smallest absolute Gasteiger partial charge is 0.191 e. The maximum Gasteiger partial charge on any atom is 0.191 e. The molecule has 0 bridgehead atoms. The number of aliphatic imine (C=N–C) groups is 1. The first kappa shape index (κ1) is 16.6. The van der Waals surface area contributed by atoms with E-state index in [1.54, 1.807) is 11.3 Å². The van der Waals surface area contributed by atoms with Crippen LogP contribution in [0.1, 0.15) is 41.3 Å². The summed E-state index contributed by atoms with van der Waals surface area (Å²) in [6.07, 6.45) is 7.35. The average molecular weight is 327 g/mol. The Kier molecular flexibility index (Phi) is 6.36. The molecule has 0 radical (unpaired) electrons. The van der Waals surface area contributed by atoms with Crippen LogP contribution in [0.2, 0.25) is 0 Å². The van der Waals surface area contributed by atoms with Gasteiger partial charge >= 0.3 is 0 Å². The predicted molar refractivity (Wildman–Crippen MR) is 94.5 cm³/mol. The zero-order chi connectivity index (χ0) is 15.2. The number of hydrogen-bond acceptors (Lipinski definition) is 4. The van der Waals surface area contributed by atoms with Gasteiger partial charge in [-0.3, -0.25) is 4.99 Å². The SMILES string of the molecule is CN=C(NCc1nc(C)c(C)s1)NC1CCCC(SC)C1. The summed E-state index contributed by atoms with van der Waals surface area (Å²) >= 11 is 3.75. The van der Waals surface area contributed by atoms with E-state index in [0.29, 0.717) is 6.04 Å². The number of thiazole rings is 1. The molecule has 0 aromatic carbocycles. The van der Waals surface area contributed by atoms with Crippen LogP contribution in [0.15, 0.2) is 4.99 Å². The topological polar surface area (TPSA) is 49.3 Å². The van der Waals surface area contributed by atoms with E-state index in [0.717, 1.165) is 28.5 Å². The molecule has 0 saturated heterocycles. The number of thioether (sulfide) groups is 1. The third-order valence-corrected chi connectivity index (χ3v) is 6.17. The molecule has 1 saturated carbocycles. The van der Waals surface area contributed by atoms with Crippen LogP contribution in [0, 0.1) is 13.8 Å². The lowest BCUT2D eigenvalue weighted by Gasteiger charge is -2.29. The molecule has 1 heterocycles. The molecule has 1 aliphatic carbocycles. The third-order valence-electron chi connectivity index (χ3n) is 4.00. The Hall–Kier alpha value is -0.750. The van der Waals surface area contributed by atoms with E-state index in [1.807, 2.05) is 18.8 Å². The Morgan fingerprint density at radius 2 is 2.24 bits per heavy atom. The van der Waals surface area contributed by atoms with Gasteiger partial charge in [-0.2, -0.15) is 11.8 Å². The highest BCUT2D eigenvalue weighted by Gasteiger charge is 2.21. The molecule has 1 aromatic heterocycles. The van der Waals surface area contributed by atoms with Crippen LogP contribution in [0.25, 0.3) is 0 Å². The molecule has 1 aromatic rings. The lowest BCUT2D eigenvalue weighted by atomic mass is 9.95. The van der Waals surface area contributed by atoms with Crippen LogP contribution in [0.3, 0.4) is 0 Å². The summed E-state index contributed by atoms with van der Waals surface area (Å²) in [6, 6.07) is 0.544. The van der Waals surface area contributed by atoms with Crippen LogP contribution < -0.4 is 10.6 Å². The highest BCUT2D eigenvalue weighted by atomic mass is 32.2. The van der Waals surface area contributed by atoms with Crippen molar-refractivity contribution >= 4 is 29.1 Å². The van der Waals surface area contributed by atoms with E-state index in [-0.39, 0.29) is 0 Å². The molecule has 2 rings (SSSR count). The van der Waals surface area contributed by atoms with Gasteiger partial charge in [0, 0.05) is 23.2 Å². The molecular formula is C15H26N4S2. The lowest BCUT2D eigenvalue weighted by Crippen LogP contribution is -2.45. The molecular weight excluding hydrogens is 300 g/mol. The van der Waals surface area contributed by atoms with Crippen molar-refractivity contribution in [3.05, 3.63) is 15.6 Å². The number of hydrogen-bond donors (Lipinski definition) is 2. The van der Waals surface area contributed by atoms with Gasteiger partial charge in [-0.1, -0.05) is 6.42 Å². The van der Waals surface area contributed by atoms with Crippen molar-refractivity contribution in [1.29, 1.82) is 0 Å². The second-order valence-electron chi connectivity index (χ2n) is 5.54. The Morgan fingerprint density at radius 1 is 1.43 bits per heavy atom.